The smallest absolute Gasteiger partial charge is 0.109 e. The molecule has 2 aliphatic rings. The van der Waals surface area contributed by atoms with Gasteiger partial charge in [-0.3, -0.25) is 6.08 Å². The molecule has 44 heavy (non-hydrogen) atoms. The van der Waals surface area contributed by atoms with Gasteiger partial charge in [0.25, 0.3) is 0 Å². The van der Waals surface area contributed by atoms with Crippen molar-refractivity contribution in [2.24, 2.45) is 0 Å². The summed E-state index contributed by atoms with van der Waals surface area (Å²) < 4.78 is 0. The summed E-state index contributed by atoms with van der Waals surface area (Å²) >= 11 is 1.65. The maximum Gasteiger partial charge on any atom is -0.109 e. The Bertz CT molecular complexity index is 1480. The number of aryl methyl sites for hydroxylation is 2. The second-order valence-corrected chi connectivity index (χ2v) is 19.0. The Morgan fingerprint density at radius 2 is 1.20 bits per heavy atom. The molecule has 0 unspecified atom stereocenters. The van der Waals surface area contributed by atoms with E-state index in [2.05, 4.69) is 152 Å². The van der Waals surface area contributed by atoms with Crippen molar-refractivity contribution in [3.05, 3.63) is 143 Å². The molecule has 0 N–H and O–H groups in total. The van der Waals surface area contributed by atoms with Crippen LogP contribution in [0.5, 0.6) is 0 Å². The van der Waals surface area contributed by atoms with Crippen LogP contribution in [-0.4, -0.2) is 5.43 Å². The Morgan fingerprint density at radius 1 is 0.682 bits per heavy atom. The van der Waals surface area contributed by atoms with Gasteiger partial charge in [-0.2, -0.15) is 35.4 Å². The van der Waals surface area contributed by atoms with Crippen molar-refractivity contribution in [2.45, 2.75) is 79.1 Å². The zero-order valence-corrected chi connectivity index (χ0v) is 32.4. The molecule has 2 aliphatic carbocycles. The summed E-state index contributed by atoms with van der Waals surface area (Å²) in [5.41, 5.74) is 11.0. The van der Waals surface area contributed by atoms with Crippen molar-refractivity contribution in [1.29, 1.82) is 0 Å². The summed E-state index contributed by atoms with van der Waals surface area (Å²) in [6.45, 7) is 17.9. The molecule has 0 saturated heterocycles. The molecule has 0 amide bonds. The first-order chi connectivity index (χ1) is 19.8. The third-order valence-electron chi connectivity index (χ3n) is 7.79. The number of fused-ring (bicyclic) bond motifs is 3. The van der Waals surface area contributed by atoms with E-state index in [0.717, 1.165) is 12.8 Å². The predicted molar refractivity (Wildman–Crippen MR) is 180 cm³/mol. The molecule has 6 rings (SSSR count). The van der Waals surface area contributed by atoms with Crippen molar-refractivity contribution in [1.82, 2.24) is 0 Å². The van der Waals surface area contributed by atoms with E-state index < -0.39 is 5.43 Å². The molecule has 4 heteroatoms. The summed E-state index contributed by atoms with van der Waals surface area (Å²) in [4.78, 5) is 0. The van der Waals surface area contributed by atoms with Gasteiger partial charge in [-0.25, -0.2) is 12.2 Å². The van der Waals surface area contributed by atoms with Gasteiger partial charge in [0, 0.05) is 0 Å². The van der Waals surface area contributed by atoms with E-state index in [9.17, 15) is 0 Å². The second-order valence-electron chi connectivity index (χ2n) is 13.4. The van der Waals surface area contributed by atoms with Gasteiger partial charge in [0.2, 0.25) is 0 Å². The van der Waals surface area contributed by atoms with Crippen molar-refractivity contribution in [3.63, 3.8) is 0 Å². The summed E-state index contributed by atoms with van der Waals surface area (Å²) in [5, 5.41) is 3.05. The van der Waals surface area contributed by atoms with Crippen LogP contribution in [0.1, 0.15) is 81.3 Å². The standard InChI is InChI=1S/C21H25.C14H14Si.C5H5.2ClH.Zr/c1-20(2,3)16-9-7-14-11-15-8-10-17(21(4,5)6)13-19(15)18(14)12-16;1-11-3-7-13(8-4-11)15-14-9-5-12(2)6-10-14;1-2-4-5-3-1;;;/h7,9-10,12-13H,11H2,1-6H3;3-10H,1-2H3;1-3H,4H2;2*1H;/q-1;;-1;;;+2/p-2. The van der Waals surface area contributed by atoms with Crippen LogP contribution in [0.15, 0.2) is 97.1 Å². The van der Waals surface area contributed by atoms with Gasteiger partial charge in [0.15, 0.2) is 0 Å². The number of rotatable bonds is 2. The van der Waals surface area contributed by atoms with Gasteiger partial charge in [0.05, 0.1) is 0 Å². The average Bonchev–Trinajstić information content (AvgIpc) is 3.64. The fourth-order valence-corrected chi connectivity index (χ4v) is 8.72. The third kappa shape index (κ3) is 10.3. The molecule has 0 aliphatic heterocycles. The van der Waals surface area contributed by atoms with Crippen molar-refractivity contribution in [2.75, 3.05) is 0 Å². The molecule has 4 aromatic rings. The molecular weight excluding hydrogens is 671 g/mol. The van der Waals surface area contributed by atoms with Crippen LogP contribution in [0.4, 0.5) is 0 Å². The van der Waals surface area contributed by atoms with E-state index in [-0.39, 0.29) is 35.6 Å². The first kappa shape index (κ1) is 38.2. The topological polar surface area (TPSA) is 0 Å². The molecule has 0 radical (unpaired) electrons. The third-order valence-corrected chi connectivity index (χ3v) is 13.9. The predicted octanol–water partition coefficient (Wildman–Crippen LogP) is 2.92. The van der Waals surface area contributed by atoms with Crippen LogP contribution >= 0.6 is 0 Å². The van der Waals surface area contributed by atoms with Crippen LogP contribution in [0.25, 0.3) is 11.1 Å². The van der Waals surface area contributed by atoms with Gasteiger partial charge in [-0.1, -0.05) is 76.3 Å². The second kappa shape index (κ2) is 16.6. The Balaban J connectivity index is 0.000000260. The number of hydrogen-bond donors (Lipinski definition) is 0. The molecular formula is C40H44Cl2SiZr-2. The summed E-state index contributed by atoms with van der Waals surface area (Å²) in [6, 6.07) is 33.1. The number of allylic oxidation sites excluding steroid dienone is 4. The minimum Gasteiger partial charge on any atom is -1.00 e. The SMILES string of the molecule is CC(C)(C)c1c[c-]c2c(c1)-c1cc(C(C)(C)C)ccc1C2.Cc1ccc([Si](=[Zr+2])c2ccc(C)cc2)cc1.[C-]1=CC=CC1.[Cl-].[Cl-]. The van der Waals surface area contributed by atoms with Crippen molar-refractivity contribution in [3.8, 4) is 11.1 Å². The molecule has 0 fully saturated rings. The minimum atomic E-state index is -0.488. The van der Waals surface area contributed by atoms with Crippen LogP contribution in [0.2, 0.25) is 0 Å². The van der Waals surface area contributed by atoms with Crippen LogP contribution in [0, 0.1) is 26.0 Å². The van der Waals surface area contributed by atoms with E-state index >= 15 is 0 Å². The summed E-state index contributed by atoms with van der Waals surface area (Å²) in [7, 11) is 0. The largest absolute Gasteiger partial charge is 1.00 e. The van der Waals surface area contributed by atoms with Gasteiger partial charge in [0.1, 0.15) is 0 Å². The Morgan fingerprint density at radius 3 is 1.64 bits per heavy atom. The van der Waals surface area contributed by atoms with Gasteiger partial charge >= 0.3 is 113 Å². The molecule has 4 aromatic carbocycles. The quantitative estimate of drug-likeness (QED) is 0.195. The number of benzene rings is 4. The zero-order chi connectivity index (χ0) is 30.5. The number of hydrogen-bond acceptors (Lipinski definition) is 0. The maximum atomic E-state index is 3.53. The first-order valence-corrected chi connectivity index (χ1v) is 20.1. The van der Waals surface area contributed by atoms with E-state index in [1.165, 1.54) is 54.9 Å². The molecule has 0 aromatic heterocycles. The van der Waals surface area contributed by atoms with Crippen LogP contribution < -0.4 is 35.2 Å². The Kier molecular flexibility index (Phi) is 14.4. The Labute approximate surface area is 294 Å². The van der Waals surface area contributed by atoms with E-state index in [0.29, 0.717) is 0 Å². The van der Waals surface area contributed by atoms with Crippen LogP contribution in [0.3, 0.4) is 0 Å². The monoisotopic (exact) mass is 712 g/mol. The molecule has 0 bridgehead atoms. The minimum absolute atomic E-state index is 0. The maximum absolute atomic E-state index is 3.53. The van der Waals surface area contributed by atoms with Crippen molar-refractivity contribution >= 4 is 15.8 Å². The first-order valence-electron chi connectivity index (χ1n) is 15.0. The van der Waals surface area contributed by atoms with E-state index in [4.69, 9.17) is 0 Å². The molecule has 0 heterocycles. The normalized spacial score (nSPS) is 12.4. The van der Waals surface area contributed by atoms with Crippen LogP contribution in [-0.2, 0) is 40.6 Å². The zero-order valence-electron chi connectivity index (χ0n) is 27.4. The van der Waals surface area contributed by atoms with Gasteiger partial charge < -0.3 is 24.8 Å². The molecule has 0 saturated carbocycles. The summed E-state index contributed by atoms with van der Waals surface area (Å²) in [5.74, 6) is 0. The molecule has 0 spiro atoms. The average molecular weight is 715 g/mol. The van der Waals surface area contributed by atoms with Crippen molar-refractivity contribution < 1.29 is 48.1 Å². The molecule has 0 nitrogen and oxygen atoms in total. The molecule has 228 valence electrons. The van der Waals surface area contributed by atoms with E-state index in [1.54, 1.807) is 23.3 Å². The van der Waals surface area contributed by atoms with E-state index in [1.807, 2.05) is 12.2 Å². The Hall–Kier alpha value is -1.96. The fraction of sp³-hybridized carbons (Fsp3) is 0.300. The number of halogens is 2. The summed E-state index contributed by atoms with van der Waals surface area (Å²) in [6.07, 6.45) is 11.0. The van der Waals surface area contributed by atoms with Gasteiger partial charge in [-0.05, 0) is 17.4 Å². The van der Waals surface area contributed by atoms with Gasteiger partial charge in [-0.15, -0.1) is 12.0 Å². The fourth-order valence-electron chi connectivity index (χ4n) is 4.93. The molecule has 0 atom stereocenters.